The van der Waals surface area contributed by atoms with Crippen LogP contribution in [0.5, 0.6) is 5.75 Å². The molecule has 0 spiro atoms. The summed E-state index contributed by atoms with van der Waals surface area (Å²) in [6, 6.07) is 10.4. The van der Waals surface area contributed by atoms with Crippen molar-refractivity contribution in [3.8, 4) is 5.75 Å². The van der Waals surface area contributed by atoms with Gasteiger partial charge in [-0.3, -0.25) is 29.3 Å². The number of amides is 5. The quantitative estimate of drug-likeness (QED) is 0.115. The summed E-state index contributed by atoms with van der Waals surface area (Å²) < 4.78 is 11.3. The minimum atomic E-state index is -0.725. The van der Waals surface area contributed by atoms with E-state index in [1.165, 1.54) is 4.90 Å². The lowest BCUT2D eigenvalue weighted by molar-refractivity contribution is -0.137. The molecule has 2 atom stereocenters. The van der Waals surface area contributed by atoms with Gasteiger partial charge in [-0.15, -0.1) is 12.4 Å². The Labute approximate surface area is 345 Å². The van der Waals surface area contributed by atoms with E-state index in [1.54, 1.807) is 37.4 Å². The first-order valence-corrected chi connectivity index (χ1v) is 19.6. The highest BCUT2D eigenvalue weighted by Crippen LogP contribution is 2.36. The smallest absolute Gasteiger partial charge is 0.255 e. The Kier molecular flexibility index (Phi) is 15.0. The van der Waals surface area contributed by atoms with Crippen LogP contribution in [0.4, 0.5) is 17.2 Å². The average molecular weight is 820 g/mol. The van der Waals surface area contributed by atoms with E-state index < -0.39 is 11.9 Å². The molecule has 58 heavy (non-hydrogen) atoms. The first kappa shape index (κ1) is 43.8. The number of imide groups is 1. The third-order valence-corrected chi connectivity index (χ3v) is 10.6. The van der Waals surface area contributed by atoms with Gasteiger partial charge in [-0.25, -0.2) is 9.97 Å². The summed E-state index contributed by atoms with van der Waals surface area (Å²) in [5, 5.41) is 11.2. The van der Waals surface area contributed by atoms with Gasteiger partial charge in [-0.2, -0.15) is 0 Å². The molecule has 6 rings (SSSR count). The van der Waals surface area contributed by atoms with Gasteiger partial charge in [-0.1, -0.05) is 19.1 Å². The lowest BCUT2D eigenvalue weighted by Gasteiger charge is -2.44. The third-order valence-electron chi connectivity index (χ3n) is 10.6. The molecule has 0 bridgehead atoms. The van der Waals surface area contributed by atoms with Crippen LogP contribution in [0.1, 0.15) is 84.1 Å². The summed E-state index contributed by atoms with van der Waals surface area (Å²) in [5.74, 6) is 0.634. The van der Waals surface area contributed by atoms with Gasteiger partial charge in [0.15, 0.2) is 5.82 Å². The zero-order chi connectivity index (χ0) is 40.6. The van der Waals surface area contributed by atoms with Crippen LogP contribution in [0.3, 0.4) is 0 Å². The van der Waals surface area contributed by atoms with Crippen molar-refractivity contribution >= 4 is 59.1 Å². The zero-order valence-corrected chi connectivity index (χ0v) is 34.6. The van der Waals surface area contributed by atoms with Crippen molar-refractivity contribution in [3.05, 3.63) is 70.7 Å². The van der Waals surface area contributed by atoms with Crippen molar-refractivity contribution in [2.45, 2.75) is 77.5 Å². The highest BCUT2D eigenvalue weighted by molar-refractivity contribution is 6.06. The van der Waals surface area contributed by atoms with Crippen LogP contribution in [-0.4, -0.2) is 116 Å². The van der Waals surface area contributed by atoms with Crippen LogP contribution in [0.15, 0.2) is 42.6 Å². The first-order valence-electron chi connectivity index (χ1n) is 19.6. The lowest BCUT2D eigenvalue weighted by Crippen LogP contribution is -2.52. The molecule has 16 nitrogen and oxygen atoms in total. The maximum Gasteiger partial charge on any atom is 0.255 e. The second-order valence-corrected chi connectivity index (χ2v) is 14.8. The van der Waals surface area contributed by atoms with Gasteiger partial charge in [0.1, 0.15) is 17.6 Å². The van der Waals surface area contributed by atoms with Crippen molar-refractivity contribution in [1.82, 2.24) is 30.8 Å². The molecule has 4 heterocycles. The molecule has 4 N–H and O–H groups in total. The van der Waals surface area contributed by atoms with Crippen LogP contribution in [-0.2, 0) is 32.1 Å². The predicted octanol–water partition coefficient (Wildman–Crippen LogP) is 3.07. The Morgan fingerprint density at radius 2 is 1.86 bits per heavy atom. The highest BCUT2D eigenvalue weighted by Gasteiger charge is 2.40. The Bertz CT molecular complexity index is 2000. The van der Waals surface area contributed by atoms with E-state index in [-0.39, 0.29) is 61.8 Å². The number of halogens is 1. The summed E-state index contributed by atoms with van der Waals surface area (Å²) >= 11 is 0. The van der Waals surface area contributed by atoms with Crippen molar-refractivity contribution in [2.75, 3.05) is 68.7 Å². The number of piperidine rings is 1. The number of benzene rings is 2. The topological polar surface area (TPSA) is 187 Å². The average Bonchev–Trinajstić information content (AvgIpc) is 3.53. The second-order valence-electron chi connectivity index (χ2n) is 14.8. The van der Waals surface area contributed by atoms with E-state index in [1.807, 2.05) is 12.3 Å². The van der Waals surface area contributed by atoms with Crippen LogP contribution >= 0.6 is 12.4 Å². The molecule has 1 unspecified atom stereocenters. The zero-order valence-electron chi connectivity index (χ0n) is 33.8. The fraction of sp³-hybridized carbons (Fsp3) is 0.488. The normalized spacial score (nSPS) is 17.4. The molecule has 5 amide bonds. The molecule has 17 heteroatoms. The molecule has 1 aromatic heterocycles. The molecular weight excluding hydrogens is 766 g/mol. The van der Waals surface area contributed by atoms with Gasteiger partial charge in [0.05, 0.1) is 32.2 Å². The van der Waals surface area contributed by atoms with Crippen LogP contribution < -0.4 is 35.8 Å². The molecule has 312 valence electrons. The predicted molar refractivity (Wildman–Crippen MR) is 222 cm³/mol. The number of anilines is 3. The van der Waals surface area contributed by atoms with E-state index >= 15 is 0 Å². The largest absolute Gasteiger partial charge is 0.496 e. The van der Waals surface area contributed by atoms with Crippen molar-refractivity contribution in [2.24, 2.45) is 0 Å². The number of rotatable bonds is 17. The van der Waals surface area contributed by atoms with Gasteiger partial charge in [0, 0.05) is 99.1 Å². The molecular formula is C41H54ClN9O7. The Hall–Kier alpha value is -5.32. The second kappa shape index (κ2) is 19.9. The third kappa shape index (κ3) is 10.0. The standard InChI is InChI=1S/C41H53N9O7.ClH/c1-6-28-23-48(4)33-22-44-35(46-38(33)50(28)25(2)3)21-26-10-11-27(20-34(26)56-5)39(53)43-17-19-57-18-16-42-15-14-37(52)45-31-9-7-8-29-30(31)24-49(41(29)55)32-12-13-36(51)47-40(32)54;/h7-11,20,22,25,28,32,42H,6,12-19,21,23-24H2,1-5H3,(H,43,53)(H,45,52)(H,47,51,54);1H/t28-,32?;/m1./s1. The minimum absolute atomic E-state index is 0. The maximum absolute atomic E-state index is 13.1. The molecule has 3 aliphatic heterocycles. The fourth-order valence-electron chi connectivity index (χ4n) is 7.64. The summed E-state index contributed by atoms with van der Waals surface area (Å²) in [5.41, 5.74) is 3.99. The Morgan fingerprint density at radius 1 is 1.07 bits per heavy atom. The number of aromatic nitrogens is 2. The number of nitrogens with one attached hydrogen (secondary N) is 4. The molecule has 1 saturated heterocycles. The first-order chi connectivity index (χ1) is 27.5. The summed E-state index contributed by atoms with van der Waals surface area (Å²) in [6.45, 7) is 9.63. The molecule has 0 aliphatic carbocycles. The lowest BCUT2D eigenvalue weighted by atomic mass is 10.0. The van der Waals surface area contributed by atoms with Gasteiger partial charge in [-0.05, 0) is 51.0 Å². The molecule has 2 aromatic carbocycles. The summed E-state index contributed by atoms with van der Waals surface area (Å²) in [4.78, 5) is 78.4. The molecule has 0 saturated carbocycles. The van der Waals surface area contributed by atoms with Gasteiger partial charge in [0.2, 0.25) is 17.7 Å². The molecule has 3 aliphatic rings. The van der Waals surface area contributed by atoms with Gasteiger partial charge >= 0.3 is 0 Å². The van der Waals surface area contributed by atoms with E-state index in [4.69, 9.17) is 14.5 Å². The van der Waals surface area contributed by atoms with Crippen molar-refractivity contribution in [1.29, 1.82) is 0 Å². The number of nitrogens with zero attached hydrogens (tertiary/aromatic N) is 5. The number of carbonyl (C=O) groups is 5. The molecule has 0 radical (unpaired) electrons. The Morgan fingerprint density at radius 3 is 2.60 bits per heavy atom. The van der Waals surface area contributed by atoms with E-state index in [2.05, 4.69) is 63.9 Å². The molecule has 1 fully saturated rings. The number of likely N-dealkylation sites (N-methyl/N-ethyl adjacent to an activating group) is 1. The van der Waals surface area contributed by atoms with E-state index in [0.717, 1.165) is 30.0 Å². The fourth-order valence-corrected chi connectivity index (χ4v) is 7.64. The number of ether oxygens (including phenoxy) is 2. The maximum atomic E-state index is 13.1. The van der Waals surface area contributed by atoms with Crippen LogP contribution in [0.2, 0.25) is 0 Å². The van der Waals surface area contributed by atoms with Gasteiger partial charge < -0.3 is 40.1 Å². The van der Waals surface area contributed by atoms with Crippen LogP contribution in [0.25, 0.3) is 0 Å². The number of fused-ring (bicyclic) bond motifs is 2. The van der Waals surface area contributed by atoms with Gasteiger partial charge in [0.25, 0.3) is 11.8 Å². The monoisotopic (exact) mass is 819 g/mol. The minimum Gasteiger partial charge on any atom is -0.496 e. The number of hydrogen-bond donors (Lipinski definition) is 4. The van der Waals surface area contributed by atoms with Crippen molar-refractivity contribution < 1.29 is 33.4 Å². The van der Waals surface area contributed by atoms with Crippen LogP contribution in [0, 0.1) is 0 Å². The summed E-state index contributed by atoms with van der Waals surface area (Å²) in [6.07, 6.45) is 4.01. The number of methoxy groups -OCH3 is 1. The number of hydrogen-bond acceptors (Lipinski definition) is 12. The van der Waals surface area contributed by atoms with Crippen molar-refractivity contribution in [3.63, 3.8) is 0 Å². The van der Waals surface area contributed by atoms with E-state index in [0.29, 0.717) is 85.3 Å². The summed E-state index contributed by atoms with van der Waals surface area (Å²) in [7, 11) is 3.67. The highest BCUT2D eigenvalue weighted by atomic mass is 35.5. The number of carbonyl (C=O) groups excluding carboxylic acids is 5. The SMILES string of the molecule is CC[C@@H]1CN(C)c2cnc(Cc3ccc(C(=O)NCCOCCNCCC(=O)Nc4cccc5c4CN(C4CCC(=O)NC4=O)C5=O)cc3OC)nc2N1C(C)C.Cl. The molecule has 3 aromatic rings. The Balaban J connectivity index is 0.00000641. The van der Waals surface area contributed by atoms with E-state index in [9.17, 15) is 24.0 Å².